The van der Waals surface area contributed by atoms with Crippen molar-refractivity contribution >= 4 is 54.6 Å². The van der Waals surface area contributed by atoms with Gasteiger partial charge in [0.2, 0.25) is 10.0 Å². The van der Waals surface area contributed by atoms with Gasteiger partial charge in [-0.2, -0.15) is 8.61 Å². The first-order valence-corrected chi connectivity index (χ1v) is 12.5. The molecule has 11 heteroatoms. The van der Waals surface area contributed by atoms with Crippen molar-refractivity contribution in [3.63, 3.8) is 0 Å². The van der Waals surface area contributed by atoms with Gasteiger partial charge in [-0.3, -0.25) is 0 Å². The van der Waals surface area contributed by atoms with Gasteiger partial charge in [-0.1, -0.05) is 23.2 Å². The summed E-state index contributed by atoms with van der Waals surface area (Å²) in [6.07, 6.45) is 0. The standard InChI is InChI=1S/C16H18Cl2N2O4S3/c1-11-10-14(12(2)9-13(11)17)26(21,22)19-5-7-20(8-6-19)27(23,24)16-4-3-15(18)25-16/h3-4,9-10H,5-8H2,1-2H3. The summed E-state index contributed by atoms with van der Waals surface area (Å²) < 4.78 is 54.5. The molecule has 0 amide bonds. The second-order valence-corrected chi connectivity index (χ2v) is 12.4. The molecular formula is C16H18Cl2N2O4S3. The van der Waals surface area contributed by atoms with Gasteiger partial charge < -0.3 is 0 Å². The summed E-state index contributed by atoms with van der Waals surface area (Å²) in [4.78, 5) is 0.200. The molecule has 1 saturated heterocycles. The molecule has 2 aromatic rings. The van der Waals surface area contributed by atoms with Crippen molar-refractivity contribution in [1.29, 1.82) is 0 Å². The number of nitrogens with zero attached hydrogens (tertiary/aromatic N) is 2. The summed E-state index contributed by atoms with van der Waals surface area (Å²) in [6.45, 7) is 3.78. The summed E-state index contributed by atoms with van der Waals surface area (Å²) in [5.74, 6) is 0. The van der Waals surface area contributed by atoms with E-state index in [9.17, 15) is 16.8 Å². The van der Waals surface area contributed by atoms with Crippen LogP contribution in [0.5, 0.6) is 0 Å². The molecular weight excluding hydrogens is 451 g/mol. The van der Waals surface area contributed by atoms with Crippen LogP contribution < -0.4 is 0 Å². The smallest absolute Gasteiger partial charge is 0.207 e. The number of piperazine rings is 1. The number of aryl methyl sites for hydroxylation is 2. The fraction of sp³-hybridized carbons (Fsp3) is 0.375. The number of hydrogen-bond acceptors (Lipinski definition) is 5. The number of hydrogen-bond donors (Lipinski definition) is 0. The number of benzene rings is 1. The average molecular weight is 469 g/mol. The third-order valence-electron chi connectivity index (χ3n) is 4.41. The van der Waals surface area contributed by atoms with E-state index in [1.807, 2.05) is 0 Å². The van der Waals surface area contributed by atoms with E-state index >= 15 is 0 Å². The molecule has 1 fully saturated rings. The van der Waals surface area contributed by atoms with Gasteiger partial charge in [0.1, 0.15) is 4.21 Å². The summed E-state index contributed by atoms with van der Waals surface area (Å²) in [5.41, 5.74) is 1.24. The van der Waals surface area contributed by atoms with Crippen LogP contribution in [0, 0.1) is 13.8 Å². The maximum atomic E-state index is 13.0. The van der Waals surface area contributed by atoms with Gasteiger partial charge in [0.05, 0.1) is 9.23 Å². The minimum atomic E-state index is -3.73. The van der Waals surface area contributed by atoms with Crippen LogP contribution in [0.15, 0.2) is 33.4 Å². The predicted octanol–water partition coefficient (Wildman–Crippen LogP) is 3.37. The van der Waals surface area contributed by atoms with Crippen molar-refractivity contribution in [2.45, 2.75) is 23.0 Å². The molecule has 1 aliphatic heterocycles. The van der Waals surface area contributed by atoms with E-state index < -0.39 is 20.0 Å². The number of halogens is 2. The molecule has 1 aliphatic rings. The zero-order valence-electron chi connectivity index (χ0n) is 14.6. The molecule has 0 N–H and O–H groups in total. The van der Waals surface area contributed by atoms with Gasteiger partial charge in [0, 0.05) is 31.2 Å². The molecule has 0 aliphatic carbocycles. The Balaban J connectivity index is 1.80. The van der Waals surface area contributed by atoms with Crippen molar-refractivity contribution in [3.8, 4) is 0 Å². The molecule has 1 aromatic carbocycles. The van der Waals surface area contributed by atoms with Crippen molar-refractivity contribution in [1.82, 2.24) is 8.61 Å². The lowest BCUT2D eigenvalue weighted by Crippen LogP contribution is -2.50. The molecule has 0 radical (unpaired) electrons. The monoisotopic (exact) mass is 468 g/mol. The van der Waals surface area contributed by atoms with Gasteiger partial charge in [0.25, 0.3) is 10.0 Å². The average Bonchev–Trinajstić information content (AvgIpc) is 3.05. The highest BCUT2D eigenvalue weighted by atomic mass is 35.5. The molecule has 6 nitrogen and oxygen atoms in total. The first-order valence-electron chi connectivity index (χ1n) is 8.06. The Kier molecular flexibility index (Phi) is 5.94. The van der Waals surface area contributed by atoms with E-state index in [1.54, 1.807) is 26.0 Å². The molecule has 1 aromatic heterocycles. The molecule has 0 spiro atoms. The lowest BCUT2D eigenvalue weighted by atomic mass is 10.2. The third kappa shape index (κ3) is 4.05. The Labute approximate surface area is 173 Å². The topological polar surface area (TPSA) is 74.8 Å². The highest BCUT2D eigenvalue weighted by Gasteiger charge is 2.35. The Bertz CT molecular complexity index is 1070. The maximum absolute atomic E-state index is 13.0. The van der Waals surface area contributed by atoms with E-state index in [-0.39, 0.29) is 35.3 Å². The highest BCUT2D eigenvalue weighted by molar-refractivity contribution is 7.91. The van der Waals surface area contributed by atoms with E-state index in [4.69, 9.17) is 23.2 Å². The predicted molar refractivity (Wildman–Crippen MR) is 108 cm³/mol. The molecule has 27 heavy (non-hydrogen) atoms. The second kappa shape index (κ2) is 7.62. The van der Waals surface area contributed by atoms with Gasteiger partial charge >= 0.3 is 0 Å². The minimum Gasteiger partial charge on any atom is -0.207 e. The molecule has 0 atom stereocenters. The summed E-state index contributed by atoms with van der Waals surface area (Å²) in [6, 6.07) is 6.19. The van der Waals surface area contributed by atoms with Crippen LogP contribution in [0.3, 0.4) is 0 Å². The largest absolute Gasteiger partial charge is 0.252 e. The van der Waals surface area contributed by atoms with Crippen LogP contribution in [0.4, 0.5) is 0 Å². The van der Waals surface area contributed by atoms with Gasteiger partial charge in [-0.05, 0) is 49.2 Å². The lowest BCUT2D eigenvalue weighted by molar-refractivity contribution is 0.273. The van der Waals surface area contributed by atoms with E-state index in [2.05, 4.69) is 0 Å². The normalized spacial score (nSPS) is 17.3. The fourth-order valence-electron chi connectivity index (χ4n) is 2.89. The van der Waals surface area contributed by atoms with E-state index in [0.29, 0.717) is 20.5 Å². The zero-order chi connectivity index (χ0) is 20.0. The van der Waals surface area contributed by atoms with Crippen LogP contribution in [-0.4, -0.2) is 51.6 Å². The molecule has 148 valence electrons. The summed E-state index contributed by atoms with van der Waals surface area (Å²) in [5, 5.41) is 0.511. The van der Waals surface area contributed by atoms with Gasteiger partial charge in [0.15, 0.2) is 0 Å². The third-order valence-corrected chi connectivity index (χ3v) is 10.5. The molecule has 0 saturated carbocycles. The van der Waals surface area contributed by atoms with Gasteiger partial charge in [-0.15, -0.1) is 11.3 Å². The zero-order valence-corrected chi connectivity index (χ0v) is 18.6. The Morgan fingerprint density at radius 2 is 1.41 bits per heavy atom. The molecule has 0 unspecified atom stereocenters. The minimum absolute atomic E-state index is 0.0851. The molecule has 0 bridgehead atoms. The number of thiophene rings is 1. The van der Waals surface area contributed by atoms with Crippen molar-refractivity contribution in [3.05, 3.63) is 44.8 Å². The van der Waals surface area contributed by atoms with E-state index in [0.717, 1.165) is 11.3 Å². The Morgan fingerprint density at radius 3 is 1.93 bits per heavy atom. The van der Waals surface area contributed by atoms with Crippen molar-refractivity contribution in [2.24, 2.45) is 0 Å². The Morgan fingerprint density at radius 1 is 0.852 bits per heavy atom. The first-order chi connectivity index (χ1) is 12.5. The summed E-state index contributed by atoms with van der Waals surface area (Å²) in [7, 11) is -7.39. The van der Waals surface area contributed by atoms with Crippen molar-refractivity contribution < 1.29 is 16.8 Å². The van der Waals surface area contributed by atoms with Crippen LogP contribution in [0.2, 0.25) is 9.36 Å². The fourth-order valence-corrected chi connectivity index (χ4v) is 7.88. The van der Waals surface area contributed by atoms with Crippen LogP contribution in [0.1, 0.15) is 11.1 Å². The van der Waals surface area contributed by atoms with E-state index in [1.165, 1.54) is 20.7 Å². The number of sulfonamides is 2. The highest BCUT2D eigenvalue weighted by Crippen LogP contribution is 2.30. The first kappa shape index (κ1) is 21.0. The number of rotatable bonds is 4. The summed E-state index contributed by atoms with van der Waals surface area (Å²) >= 11 is 12.9. The van der Waals surface area contributed by atoms with Crippen LogP contribution in [0.25, 0.3) is 0 Å². The van der Waals surface area contributed by atoms with Crippen molar-refractivity contribution in [2.75, 3.05) is 26.2 Å². The SMILES string of the molecule is Cc1cc(S(=O)(=O)N2CCN(S(=O)(=O)c3ccc(Cl)s3)CC2)c(C)cc1Cl. The quantitative estimate of drug-likeness (QED) is 0.688. The van der Waals surface area contributed by atoms with Crippen LogP contribution in [-0.2, 0) is 20.0 Å². The Hall–Kier alpha value is -0.680. The molecule has 2 heterocycles. The van der Waals surface area contributed by atoms with Crippen LogP contribution >= 0.6 is 34.5 Å². The maximum Gasteiger partial charge on any atom is 0.252 e. The second-order valence-electron chi connectivity index (χ2n) is 6.23. The van der Waals surface area contributed by atoms with Gasteiger partial charge in [-0.25, -0.2) is 16.8 Å². The lowest BCUT2D eigenvalue weighted by Gasteiger charge is -2.33. The molecule has 3 rings (SSSR count).